The Hall–Kier alpha value is -2.52. The molecule has 0 aliphatic heterocycles. The number of carbonyl (C=O) groups excluding carboxylic acids is 3. The van der Waals surface area contributed by atoms with Crippen LogP contribution in [-0.4, -0.2) is 77.4 Å². The van der Waals surface area contributed by atoms with Crippen molar-refractivity contribution in [3.8, 4) is 0 Å². The number of hydrogen-bond donors (Lipinski definition) is 0. The van der Waals surface area contributed by atoms with Gasteiger partial charge in [0.05, 0.1) is 7.11 Å². The molecule has 0 fully saturated rings. The van der Waals surface area contributed by atoms with Crippen molar-refractivity contribution >= 4 is 39.4 Å². The Labute approximate surface area is 190 Å². The highest BCUT2D eigenvalue weighted by molar-refractivity contribution is 8.76. The van der Waals surface area contributed by atoms with Crippen molar-refractivity contribution in [1.29, 1.82) is 0 Å². The molecule has 2 aromatic rings. The minimum atomic E-state index is -0.450. The summed E-state index contributed by atoms with van der Waals surface area (Å²) in [5.41, 5.74) is 0.982. The van der Waals surface area contributed by atoms with Crippen LogP contribution in [0.5, 0.6) is 0 Å². The second kappa shape index (κ2) is 13.7. The van der Waals surface area contributed by atoms with Crippen molar-refractivity contribution in [1.82, 2.24) is 14.8 Å². The summed E-state index contributed by atoms with van der Waals surface area (Å²) in [4.78, 5) is 44.3. The monoisotopic (exact) mass is 461 g/mol. The van der Waals surface area contributed by atoms with Crippen LogP contribution in [0.4, 0.5) is 0 Å². The lowest BCUT2D eigenvalue weighted by molar-refractivity contribution is -0.141. The molecular weight excluding hydrogens is 434 g/mol. The van der Waals surface area contributed by atoms with Gasteiger partial charge in [-0.1, -0.05) is 45.9 Å². The summed E-state index contributed by atoms with van der Waals surface area (Å²) in [6.45, 7) is 3.50. The van der Waals surface area contributed by atoms with Gasteiger partial charge in [0.25, 0.3) is 11.8 Å². The van der Waals surface area contributed by atoms with E-state index in [1.165, 1.54) is 12.0 Å². The van der Waals surface area contributed by atoms with Gasteiger partial charge in [-0.05, 0) is 31.2 Å². The van der Waals surface area contributed by atoms with Crippen LogP contribution in [0.3, 0.4) is 0 Å². The maximum atomic E-state index is 12.7. The zero-order valence-electron chi connectivity index (χ0n) is 17.7. The molecule has 0 saturated heterocycles. The van der Waals surface area contributed by atoms with E-state index in [2.05, 4.69) is 4.98 Å². The van der Waals surface area contributed by atoms with Crippen LogP contribution in [0.15, 0.2) is 54.7 Å². The normalized spacial score (nSPS) is 10.4. The molecule has 0 aliphatic rings. The summed E-state index contributed by atoms with van der Waals surface area (Å²) >= 11 is 0. The lowest BCUT2D eigenvalue weighted by Crippen LogP contribution is -2.37. The van der Waals surface area contributed by atoms with Crippen molar-refractivity contribution in [2.24, 2.45) is 0 Å². The van der Waals surface area contributed by atoms with Gasteiger partial charge in [0.1, 0.15) is 12.2 Å². The number of methoxy groups -OCH3 is 1. The summed E-state index contributed by atoms with van der Waals surface area (Å²) in [5, 5.41) is 0. The lowest BCUT2D eigenvalue weighted by Gasteiger charge is -2.22. The number of pyridine rings is 1. The molecule has 31 heavy (non-hydrogen) atoms. The first-order chi connectivity index (χ1) is 15.1. The highest BCUT2D eigenvalue weighted by Gasteiger charge is 2.19. The quantitative estimate of drug-likeness (QED) is 0.273. The van der Waals surface area contributed by atoms with Crippen molar-refractivity contribution in [3.63, 3.8) is 0 Å². The first-order valence-corrected chi connectivity index (χ1v) is 12.4. The van der Waals surface area contributed by atoms with Crippen LogP contribution in [-0.2, 0) is 9.53 Å². The third kappa shape index (κ3) is 8.26. The molecular formula is C22H27N3O4S2. The number of hydrogen-bond acceptors (Lipinski definition) is 7. The highest BCUT2D eigenvalue weighted by atomic mass is 33.1. The van der Waals surface area contributed by atoms with E-state index in [1.807, 2.05) is 13.0 Å². The van der Waals surface area contributed by atoms with Crippen molar-refractivity contribution < 1.29 is 19.1 Å². The third-order valence-corrected chi connectivity index (χ3v) is 6.75. The van der Waals surface area contributed by atoms with Gasteiger partial charge in [0, 0.05) is 42.9 Å². The number of amides is 2. The molecule has 1 heterocycles. The molecule has 0 saturated carbocycles. The average Bonchev–Trinajstić information content (AvgIpc) is 2.83. The first-order valence-electron chi connectivity index (χ1n) is 9.92. The molecule has 0 radical (unpaired) electrons. The van der Waals surface area contributed by atoms with Crippen LogP contribution in [0.1, 0.15) is 27.8 Å². The smallest absolute Gasteiger partial charge is 0.325 e. The molecule has 0 aliphatic carbocycles. The van der Waals surface area contributed by atoms with Gasteiger partial charge in [-0.15, -0.1) is 0 Å². The van der Waals surface area contributed by atoms with Crippen LogP contribution in [0, 0.1) is 0 Å². The Balaban J connectivity index is 1.78. The molecule has 7 nitrogen and oxygen atoms in total. The highest BCUT2D eigenvalue weighted by Crippen LogP contribution is 2.21. The zero-order chi connectivity index (χ0) is 22.5. The van der Waals surface area contributed by atoms with Crippen LogP contribution < -0.4 is 0 Å². The fourth-order valence-electron chi connectivity index (χ4n) is 2.70. The molecule has 0 unspecified atom stereocenters. The van der Waals surface area contributed by atoms with E-state index in [4.69, 9.17) is 4.74 Å². The number of aromatic nitrogens is 1. The Morgan fingerprint density at radius 1 is 0.903 bits per heavy atom. The van der Waals surface area contributed by atoms with E-state index < -0.39 is 5.97 Å². The molecule has 0 spiro atoms. The van der Waals surface area contributed by atoms with E-state index >= 15 is 0 Å². The standard InChI is InChI=1S/C22H27N3O4S2/c1-3-24(22(28)19-11-7-8-12-23-19)13-15-30-31-16-14-25(17-20(26)29-2)21(27)18-9-5-4-6-10-18/h4-12H,3,13-17H2,1-2H3. The predicted molar refractivity (Wildman–Crippen MR) is 125 cm³/mol. The lowest BCUT2D eigenvalue weighted by atomic mass is 10.2. The predicted octanol–water partition coefficient (Wildman–Crippen LogP) is 3.24. The summed E-state index contributed by atoms with van der Waals surface area (Å²) in [5.74, 6) is 0.677. The summed E-state index contributed by atoms with van der Waals surface area (Å²) < 4.78 is 4.72. The Bertz CT molecular complexity index is 837. The number of rotatable bonds is 12. The van der Waals surface area contributed by atoms with Gasteiger partial charge < -0.3 is 14.5 Å². The van der Waals surface area contributed by atoms with Gasteiger partial charge in [-0.2, -0.15) is 0 Å². The van der Waals surface area contributed by atoms with Crippen LogP contribution in [0.25, 0.3) is 0 Å². The van der Waals surface area contributed by atoms with Crippen LogP contribution in [0.2, 0.25) is 0 Å². The molecule has 0 N–H and O–H groups in total. The Kier molecular flexibility index (Phi) is 10.9. The average molecular weight is 462 g/mol. The maximum Gasteiger partial charge on any atom is 0.325 e. The van der Waals surface area contributed by atoms with Crippen molar-refractivity contribution in [3.05, 3.63) is 66.0 Å². The second-order valence-corrected chi connectivity index (χ2v) is 9.11. The fraction of sp³-hybridized carbons (Fsp3) is 0.364. The van der Waals surface area contributed by atoms with E-state index in [0.717, 1.165) is 5.75 Å². The number of carbonyl (C=O) groups is 3. The number of nitrogens with zero attached hydrogens (tertiary/aromatic N) is 3. The maximum absolute atomic E-state index is 12.7. The zero-order valence-corrected chi connectivity index (χ0v) is 19.4. The molecule has 166 valence electrons. The molecule has 2 rings (SSSR count). The molecule has 0 atom stereocenters. The number of benzene rings is 1. The van der Waals surface area contributed by atoms with E-state index in [1.54, 1.807) is 75.1 Å². The largest absolute Gasteiger partial charge is 0.468 e. The third-order valence-electron chi connectivity index (χ3n) is 4.38. The topological polar surface area (TPSA) is 79.8 Å². The van der Waals surface area contributed by atoms with E-state index in [9.17, 15) is 14.4 Å². The van der Waals surface area contributed by atoms with E-state index in [-0.39, 0.29) is 18.4 Å². The van der Waals surface area contributed by atoms with Gasteiger partial charge in [-0.25, -0.2) is 0 Å². The van der Waals surface area contributed by atoms with E-state index in [0.29, 0.717) is 36.6 Å². The fourth-order valence-corrected chi connectivity index (χ4v) is 4.68. The summed E-state index contributed by atoms with van der Waals surface area (Å²) in [6, 6.07) is 14.2. The Morgan fingerprint density at radius 3 is 2.13 bits per heavy atom. The minimum Gasteiger partial charge on any atom is -0.468 e. The molecule has 9 heteroatoms. The van der Waals surface area contributed by atoms with Crippen LogP contribution >= 0.6 is 21.6 Å². The second-order valence-electron chi connectivity index (χ2n) is 6.41. The van der Waals surface area contributed by atoms with Crippen molar-refractivity contribution in [2.45, 2.75) is 6.92 Å². The van der Waals surface area contributed by atoms with Gasteiger partial charge in [-0.3, -0.25) is 19.4 Å². The molecule has 2 amide bonds. The molecule has 0 bridgehead atoms. The first kappa shape index (κ1) is 24.7. The van der Waals surface area contributed by atoms with Crippen molar-refractivity contribution in [2.75, 3.05) is 44.8 Å². The number of esters is 1. The molecule has 1 aromatic heterocycles. The minimum absolute atomic E-state index is 0.0774. The van der Waals surface area contributed by atoms with Gasteiger partial charge in [0.2, 0.25) is 0 Å². The van der Waals surface area contributed by atoms with Gasteiger partial charge >= 0.3 is 5.97 Å². The summed E-state index contributed by atoms with van der Waals surface area (Å²) in [7, 11) is 4.55. The Morgan fingerprint density at radius 2 is 1.55 bits per heavy atom. The summed E-state index contributed by atoms with van der Waals surface area (Å²) in [6.07, 6.45) is 1.61. The SMILES string of the molecule is CCN(CCSSCCN(CC(=O)OC)C(=O)c1ccccc1)C(=O)c1ccccn1. The molecule has 1 aromatic carbocycles. The van der Waals surface area contributed by atoms with Gasteiger partial charge in [0.15, 0.2) is 0 Å². The number of ether oxygens (including phenoxy) is 1.